The summed E-state index contributed by atoms with van der Waals surface area (Å²) in [5.41, 5.74) is 0.998. The van der Waals surface area contributed by atoms with Gasteiger partial charge in [-0.25, -0.2) is 0 Å². The monoisotopic (exact) mass is 332 g/mol. The lowest BCUT2D eigenvalue weighted by Gasteiger charge is -2.17. The van der Waals surface area contributed by atoms with Gasteiger partial charge in [0, 0.05) is 18.7 Å². The summed E-state index contributed by atoms with van der Waals surface area (Å²) < 4.78 is 11.4. The average molecular weight is 332 g/mol. The third kappa shape index (κ3) is 5.58. The number of nitrogens with zero attached hydrogens (tertiary/aromatic N) is 1. The first-order chi connectivity index (χ1) is 11.5. The van der Waals surface area contributed by atoms with Crippen LogP contribution in [0.2, 0.25) is 0 Å². The van der Waals surface area contributed by atoms with E-state index in [9.17, 15) is 5.11 Å². The molecule has 1 heterocycles. The van der Waals surface area contributed by atoms with Crippen LogP contribution in [0.4, 0.5) is 5.69 Å². The largest absolute Gasteiger partial charge is 0.491 e. The summed E-state index contributed by atoms with van der Waals surface area (Å²) >= 11 is 0. The third-order valence-corrected chi connectivity index (χ3v) is 3.71. The molecule has 5 nitrogen and oxygen atoms in total. The molecule has 0 amide bonds. The van der Waals surface area contributed by atoms with E-state index in [1.807, 2.05) is 55.4 Å². The van der Waals surface area contributed by atoms with Crippen LogP contribution in [0.15, 0.2) is 40.8 Å². The van der Waals surface area contributed by atoms with Gasteiger partial charge in [0.15, 0.2) is 0 Å². The average Bonchev–Trinajstić information content (AvgIpc) is 3.03. The first-order valence-corrected chi connectivity index (χ1v) is 8.38. The molecule has 0 aliphatic heterocycles. The fourth-order valence-electron chi connectivity index (χ4n) is 2.45. The predicted octanol–water partition coefficient (Wildman–Crippen LogP) is 3.32. The Morgan fingerprint density at radius 3 is 2.46 bits per heavy atom. The second kappa shape index (κ2) is 8.76. The van der Waals surface area contributed by atoms with Crippen molar-refractivity contribution in [3.8, 4) is 5.75 Å². The maximum atomic E-state index is 9.81. The van der Waals surface area contributed by atoms with Crippen molar-refractivity contribution in [3.05, 3.63) is 47.9 Å². The van der Waals surface area contributed by atoms with E-state index < -0.39 is 6.10 Å². The molecule has 0 saturated heterocycles. The van der Waals surface area contributed by atoms with E-state index in [1.54, 1.807) is 0 Å². The molecule has 0 bridgehead atoms. The van der Waals surface area contributed by atoms with Crippen LogP contribution < -0.4 is 10.1 Å². The number of nitrogens with one attached hydrogen (secondary N) is 1. The van der Waals surface area contributed by atoms with Crippen LogP contribution in [-0.4, -0.2) is 43.4 Å². The van der Waals surface area contributed by atoms with Crippen molar-refractivity contribution in [1.82, 2.24) is 4.90 Å². The molecule has 5 heteroatoms. The van der Waals surface area contributed by atoms with Crippen LogP contribution in [0.25, 0.3) is 0 Å². The van der Waals surface area contributed by atoms with Gasteiger partial charge in [-0.3, -0.25) is 0 Å². The molecule has 1 aromatic heterocycles. The van der Waals surface area contributed by atoms with Gasteiger partial charge in [-0.2, -0.15) is 0 Å². The second-order valence-corrected chi connectivity index (χ2v) is 6.28. The zero-order valence-electron chi connectivity index (χ0n) is 15.0. The van der Waals surface area contributed by atoms with Gasteiger partial charge in [0.05, 0.1) is 6.04 Å². The molecule has 2 unspecified atom stereocenters. The minimum absolute atomic E-state index is 0.0963. The number of aryl methyl sites for hydroxylation is 1. The summed E-state index contributed by atoms with van der Waals surface area (Å²) in [5.74, 6) is 2.68. The molecule has 2 N–H and O–H groups in total. The van der Waals surface area contributed by atoms with E-state index >= 15 is 0 Å². The first kappa shape index (κ1) is 18.4. The highest BCUT2D eigenvalue weighted by Crippen LogP contribution is 2.23. The Balaban J connectivity index is 1.85. The van der Waals surface area contributed by atoms with Crippen LogP contribution in [0, 0.1) is 0 Å². The summed E-state index contributed by atoms with van der Waals surface area (Å²) in [5, 5.41) is 13.2. The van der Waals surface area contributed by atoms with Crippen LogP contribution >= 0.6 is 0 Å². The smallest absolute Gasteiger partial charge is 0.126 e. The Kier molecular flexibility index (Phi) is 6.70. The van der Waals surface area contributed by atoms with E-state index in [4.69, 9.17) is 9.15 Å². The maximum absolute atomic E-state index is 9.81. The van der Waals surface area contributed by atoms with Gasteiger partial charge in [0.2, 0.25) is 0 Å². The van der Waals surface area contributed by atoms with Crippen LogP contribution in [-0.2, 0) is 6.42 Å². The standard InChI is InChI=1S/C19H28N2O3/c1-5-17-10-11-19(24-17)14(2)20-15-6-8-18(9-7-15)23-13-16(22)12-21(3)4/h6-11,14,16,20,22H,5,12-13H2,1-4H3. The van der Waals surface area contributed by atoms with Crippen molar-refractivity contribution in [2.24, 2.45) is 0 Å². The van der Waals surface area contributed by atoms with Crippen molar-refractivity contribution in [2.75, 3.05) is 32.6 Å². The van der Waals surface area contributed by atoms with Crippen molar-refractivity contribution in [3.63, 3.8) is 0 Å². The van der Waals surface area contributed by atoms with E-state index in [2.05, 4.69) is 19.2 Å². The van der Waals surface area contributed by atoms with Crippen molar-refractivity contribution < 1.29 is 14.3 Å². The molecule has 0 aliphatic rings. The molecule has 2 aromatic rings. The fourth-order valence-corrected chi connectivity index (χ4v) is 2.45. The van der Waals surface area contributed by atoms with Gasteiger partial charge in [0.25, 0.3) is 0 Å². The summed E-state index contributed by atoms with van der Waals surface area (Å²) in [4.78, 5) is 1.93. The molecule has 2 rings (SSSR count). The highest BCUT2D eigenvalue weighted by Gasteiger charge is 2.10. The Morgan fingerprint density at radius 1 is 1.17 bits per heavy atom. The van der Waals surface area contributed by atoms with E-state index in [1.165, 1.54) is 0 Å². The lowest BCUT2D eigenvalue weighted by molar-refractivity contribution is 0.0831. The predicted molar refractivity (Wildman–Crippen MR) is 96.6 cm³/mol. The SMILES string of the molecule is CCc1ccc(C(C)Nc2ccc(OCC(O)CN(C)C)cc2)o1. The lowest BCUT2D eigenvalue weighted by atomic mass is 10.2. The van der Waals surface area contributed by atoms with Gasteiger partial charge >= 0.3 is 0 Å². The Hall–Kier alpha value is -1.98. The molecular formula is C19H28N2O3. The number of ether oxygens (including phenoxy) is 1. The maximum Gasteiger partial charge on any atom is 0.126 e. The van der Waals surface area contributed by atoms with E-state index in [-0.39, 0.29) is 12.6 Å². The van der Waals surface area contributed by atoms with Crippen LogP contribution in [0.1, 0.15) is 31.4 Å². The van der Waals surface area contributed by atoms with Crippen molar-refractivity contribution >= 4 is 5.69 Å². The number of hydrogen-bond donors (Lipinski definition) is 2. The number of anilines is 1. The molecule has 2 atom stereocenters. The first-order valence-electron chi connectivity index (χ1n) is 8.38. The van der Waals surface area contributed by atoms with Crippen LogP contribution in [0.3, 0.4) is 0 Å². The number of furan rings is 1. The van der Waals surface area contributed by atoms with Crippen LogP contribution in [0.5, 0.6) is 5.75 Å². The molecule has 1 aromatic carbocycles. The van der Waals surface area contributed by atoms with E-state index in [0.29, 0.717) is 6.54 Å². The number of rotatable bonds is 9. The topological polar surface area (TPSA) is 57.9 Å². The number of likely N-dealkylation sites (N-methyl/N-ethyl adjacent to an activating group) is 1. The van der Waals surface area contributed by atoms with Crippen molar-refractivity contribution in [2.45, 2.75) is 32.4 Å². The number of benzene rings is 1. The molecular weight excluding hydrogens is 304 g/mol. The highest BCUT2D eigenvalue weighted by atomic mass is 16.5. The molecule has 24 heavy (non-hydrogen) atoms. The molecule has 0 saturated carbocycles. The fraction of sp³-hybridized carbons (Fsp3) is 0.474. The third-order valence-electron chi connectivity index (χ3n) is 3.71. The zero-order chi connectivity index (χ0) is 17.5. The second-order valence-electron chi connectivity index (χ2n) is 6.28. The quantitative estimate of drug-likeness (QED) is 0.738. The summed E-state index contributed by atoms with van der Waals surface area (Å²) in [6.45, 7) is 5.02. The van der Waals surface area contributed by atoms with Gasteiger partial charge in [0.1, 0.15) is 30.0 Å². The normalized spacial score (nSPS) is 13.8. The summed E-state index contributed by atoms with van der Waals surface area (Å²) in [6, 6.07) is 11.9. The molecule has 0 radical (unpaired) electrons. The van der Waals surface area contributed by atoms with Gasteiger partial charge < -0.3 is 24.5 Å². The Morgan fingerprint density at radius 2 is 1.88 bits per heavy atom. The lowest BCUT2D eigenvalue weighted by Crippen LogP contribution is -2.30. The Labute approximate surface area is 144 Å². The summed E-state index contributed by atoms with van der Waals surface area (Å²) in [7, 11) is 3.85. The Bertz CT molecular complexity index is 607. The molecule has 0 aliphatic carbocycles. The van der Waals surface area contributed by atoms with Gasteiger partial charge in [-0.15, -0.1) is 0 Å². The van der Waals surface area contributed by atoms with E-state index in [0.717, 1.165) is 29.4 Å². The van der Waals surface area contributed by atoms with Gasteiger partial charge in [-0.05, 0) is 57.4 Å². The van der Waals surface area contributed by atoms with Gasteiger partial charge in [-0.1, -0.05) is 6.92 Å². The number of aliphatic hydroxyl groups excluding tert-OH is 1. The van der Waals surface area contributed by atoms with Crippen molar-refractivity contribution in [1.29, 1.82) is 0 Å². The highest BCUT2D eigenvalue weighted by molar-refractivity contribution is 5.47. The number of aliphatic hydroxyl groups is 1. The minimum Gasteiger partial charge on any atom is -0.491 e. The zero-order valence-corrected chi connectivity index (χ0v) is 15.0. The minimum atomic E-state index is -0.496. The summed E-state index contributed by atoms with van der Waals surface area (Å²) in [6.07, 6.45) is 0.405. The molecule has 0 spiro atoms. The number of hydrogen-bond acceptors (Lipinski definition) is 5. The molecule has 132 valence electrons. The molecule has 0 fully saturated rings.